The minimum atomic E-state index is -4.58. The van der Waals surface area contributed by atoms with Crippen LogP contribution in [0.3, 0.4) is 0 Å². The maximum atomic E-state index is 12.3. The van der Waals surface area contributed by atoms with Gasteiger partial charge in [0.1, 0.15) is 12.3 Å². The Morgan fingerprint density at radius 1 is 0.870 bits per heavy atom. The summed E-state index contributed by atoms with van der Waals surface area (Å²) in [7, 11) is -13.0. The van der Waals surface area contributed by atoms with Gasteiger partial charge in [-0.3, -0.25) is 18.5 Å². The quantitative estimate of drug-likeness (QED) is 0.148. The second-order valence-corrected chi connectivity index (χ2v) is 16.6. The van der Waals surface area contributed by atoms with Crippen molar-refractivity contribution in [3.8, 4) is 5.75 Å². The molecule has 2 aliphatic rings. The van der Waals surface area contributed by atoms with Gasteiger partial charge in [0.25, 0.3) is 36.8 Å². The Morgan fingerprint density at radius 3 is 2.15 bits per heavy atom. The number of para-hydroxylation sites is 1. The van der Waals surface area contributed by atoms with E-state index in [4.69, 9.17) is 4.74 Å². The van der Waals surface area contributed by atoms with Crippen LogP contribution in [0.25, 0.3) is 0 Å². The highest BCUT2D eigenvalue weighted by molar-refractivity contribution is 7.86. The third kappa shape index (κ3) is 7.93. The van der Waals surface area contributed by atoms with Gasteiger partial charge in [0.05, 0.1) is 28.1 Å². The summed E-state index contributed by atoms with van der Waals surface area (Å²) < 4.78 is 106. The molecule has 13 nitrogen and oxygen atoms in total. The van der Waals surface area contributed by atoms with Crippen molar-refractivity contribution in [1.82, 2.24) is 0 Å². The molecule has 0 aromatic heterocycles. The number of anilines is 1. The van der Waals surface area contributed by atoms with Gasteiger partial charge in [0.15, 0.2) is 5.71 Å². The first kappa shape index (κ1) is 35.4. The summed E-state index contributed by atoms with van der Waals surface area (Å²) in [5, 5.41) is 0. The first-order valence-electron chi connectivity index (χ1n) is 14.3. The van der Waals surface area contributed by atoms with Crippen LogP contribution in [0.1, 0.15) is 44.7 Å². The first-order valence-corrected chi connectivity index (χ1v) is 19.1. The Labute approximate surface area is 269 Å². The predicted octanol–water partition coefficient (Wildman–Crippen LogP) is 3.26. The van der Waals surface area contributed by atoms with Crippen LogP contribution in [-0.2, 0) is 46.0 Å². The van der Waals surface area contributed by atoms with Gasteiger partial charge in [-0.15, -0.1) is 0 Å². The number of carbonyl (C=O) groups excluding carboxylic acids is 1. The molecule has 2 aliphatic heterocycles. The molecule has 0 spiro atoms. The normalized spacial score (nSPS) is 20.4. The molecule has 2 aromatic carbocycles. The number of rotatable bonds is 14. The van der Waals surface area contributed by atoms with Gasteiger partial charge in [-0.25, -0.2) is 0 Å². The van der Waals surface area contributed by atoms with Crippen molar-refractivity contribution in [2.45, 2.75) is 44.4 Å². The molecule has 0 amide bonds. The molecular formula is C30H37N2O11S3+. The fourth-order valence-corrected chi connectivity index (χ4v) is 8.36. The largest absolute Gasteiger partial charge is 0.429 e. The molecule has 0 bridgehead atoms. The lowest BCUT2D eigenvalue weighted by atomic mass is 9.81. The third-order valence-electron chi connectivity index (χ3n) is 8.24. The zero-order valence-corrected chi connectivity index (χ0v) is 28.0. The summed E-state index contributed by atoms with van der Waals surface area (Å²) in [6.07, 6.45) is 5.29. The Hall–Kier alpha value is -3.41. The van der Waals surface area contributed by atoms with Gasteiger partial charge in [0, 0.05) is 42.1 Å². The van der Waals surface area contributed by atoms with Crippen molar-refractivity contribution in [2.24, 2.45) is 0 Å². The number of ether oxygens (including phenoxy) is 1. The fraction of sp³-hybridized carbons (Fsp3) is 0.400. The van der Waals surface area contributed by atoms with Crippen molar-refractivity contribution in [3.63, 3.8) is 0 Å². The summed E-state index contributed by atoms with van der Waals surface area (Å²) in [5.41, 5.74) is 2.03. The van der Waals surface area contributed by atoms with Gasteiger partial charge in [-0.05, 0) is 57.0 Å². The number of nitrogens with zero attached hydrogens (tertiary/aromatic N) is 2. The molecule has 1 atom stereocenters. The number of allylic oxidation sites excluding steroid dienone is 4. The Kier molecular flexibility index (Phi) is 10.0. The van der Waals surface area contributed by atoms with Crippen molar-refractivity contribution in [3.05, 3.63) is 77.5 Å². The second-order valence-electron chi connectivity index (χ2n) is 12.0. The highest BCUT2D eigenvalue weighted by atomic mass is 32.2. The number of carbonyl (C=O) groups is 1. The van der Waals surface area contributed by atoms with E-state index >= 15 is 0 Å². The fourth-order valence-electron chi connectivity index (χ4n) is 6.34. The molecule has 4 rings (SSSR count). The van der Waals surface area contributed by atoms with Crippen LogP contribution in [-0.4, -0.2) is 86.0 Å². The molecule has 16 heteroatoms. The summed E-state index contributed by atoms with van der Waals surface area (Å²) in [6, 6.07) is 12.2. The van der Waals surface area contributed by atoms with Gasteiger partial charge in [-0.1, -0.05) is 24.3 Å². The molecule has 0 saturated carbocycles. The third-order valence-corrected chi connectivity index (χ3v) is 10.8. The number of fused-ring (bicyclic) bond motifs is 2. The van der Waals surface area contributed by atoms with Crippen LogP contribution in [0.2, 0.25) is 0 Å². The average molecular weight is 698 g/mol. The van der Waals surface area contributed by atoms with Crippen molar-refractivity contribution in [2.75, 3.05) is 35.2 Å². The van der Waals surface area contributed by atoms with Crippen LogP contribution in [0.5, 0.6) is 5.75 Å². The number of hydrogen-bond acceptors (Lipinski definition) is 9. The molecule has 46 heavy (non-hydrogen) atoms. The zero-order valence-electron chi connectivity index (χ0n) is 25.5. The highest BCUT2D eigenvalue weighted by Gasteiger charge is 2.47. The van der Waals surface area contributed by atoms with Gasteiger partial charge < -0.3 is 9.64 Å². The summed E-state index contributed by atoms with van der Waals surface area (Å²) >= 11 is 0. The molecule has 2 heterocycles. The SMILES string of the molecule is CC1(C)C(/C=C/C=C2/N(CCCS(=O)(=O)O)c3ccc(OC=O)cc3C2(C)CS(=O)(=O)O)=[N+](CCCS(=O)(=O)O)c2ccccc21. The van der Waals surface area contributed by atoms with Gasteiger partial charge in [-0.2, -0.15) is 29.8 Å². The van der Waals surface area contributed by atoms with Crippen LogP contribution >= 0.6 is 0 Å². The molecule has 3 N–H and O–H groups in total. The van der Waals surface area contributed by atoms with Crippen LogP contribution in [0, 0.1) is 0 Å². The summed E-state index contributed by atoms with van der Waals surface area (Å²) in [4.78, 5) is 12.8. The minimum absolute atomic E-state index is 0.0187. The number of benzene rings is 2. The van der Waals surface area contributed by atoms with E-state index in [0.717, 1.165) is 17.0 Å². The Bertz CT molecular complexity index is 1950. The standard InChI is InChI=1S/C30H36N2O11S3/c1-29(2)23-9-4-5-10-25(23)31(15-7-17-44(34,35)36)27(29)11-6-12-28-30(3,20-46(40,41)42)24-19-22(43-21-33)13-14-26(24)32(28)16-8-18-45(37,38)39/h4-6,9-14,19,21H,7-8,15-18,20H2,1-3H3,(H2-,34,35,36,37,38,39,40,41,42)/p+1. The Morgan fingerprint density at radius 2 is 1.52 bits per heavy atom. The maximum absolute atomic E-state index is 12.3. The minimum Gasteiger partial charge on any atom is -0.429 e. The molecule has 1 unspecified atom stereocenters. The van der Waals surface area contributed by atoms with Crippen molar-refractivity contribution < 1.29 is 53.0 Å². The smallest absolute Gasteiger partial charge is 0.298 e. The van der Waals surface area contributed by atoms with E-state index < -0.39 is 58.4 Å². The summed E-state index contributed by atoms with van der Waals surface area (Å²) in [6.45, 7) is 6.16. The molecular weight excluding hydrogens is 661 g/mol. The highest BCUT2D eigenvalue weighted by Crippen LogP contribution is 2.50. The van der Waals surface area contributed by atoms with E-state index in [1.165, 1.54) is 12.1 Å². The number of hydrogen-bond donors (Lipinski definition) is 3. The Balaban J connectivity index is 1.85. The molecule has 0 radical (unpaired) electrons. The van der Waals surface area contributed by atoms with E-state index in [9.17, 15) is 43.7 Å². The van der Waals surface area contributed by atoms with E-state index in [1.807, 2.05) is 48.8 Å². The van der Waals surface area contributed by atoms with Gasteiger partial charge in [0.2, 0.25) is 5.69 Å². The molecule has 0 saturated heterocycles. The van der Waals surface area contributed by atoms with Crippen LogP contribution < -0.4 is 9.64 Å². The maximum Gasteiger partial charge on any atom is 0.298 e. The summed E-state index contributed by atoms with van der Waals surface area (Å²) in [5.74, 6) is -1.59. The lowest BCUT2D eigenvalue weighted by Gasteiger charge is -2.29. The van der Waals surface area contributed by atoms with Crippen LogP contribution in [0.15, 0.2) is 66.4 Å². The second kappa shape index (κ2) is 13.0. The van der Waals surface area contributed by atoms with E-state index in [-0.39, 0.29) is 38.2 Å². The predicted molar refractivity (Wildman–Crippen MR) is 173 cm³/mol. The van der Waals surface area contributed by atoms with Crippen LogP contribution in [0.4, 0.5) is 11.4 Å². The topological polar surface area (TPSA) is 196 Å². The monoisotopic (exact) mass is 697 g/mol. The molecule has 0 aliphatic carbocycles. The van der Waals surface area contributed by atoms with Crippen molar-refractivity contribution >= 4 is 53.9 Å². The van der Waals surface area contributed by atoms with Crippen molar-refractivity contribution in [1.29, 1.82) is 0 Å². The molecule has 2 aromatic rings. The zero-order chi connectivity index (χ0) is 34.1. The average Bonchev–Trinajstić information content (AvgIpc) is 3.26. The molecule has 250 valence electrons. The van der Waals surface area contributed by atoms with E-state index in [2.05, 4.69) is 0 Å². The lowest BCUT2D eigenvalue weighted by Crippen LogP contribution is -2.35. The lowest BCUT2D eigenvalue weighted by molar-refractivity contribution is -0.437. The molecule has 0 fully saturated rings. The first-order chi connectivity index (χ1) is 21.3. The van der Waals surface area contributed by atoms with Gasteiger partial charge >= 0.3 is 0 Å². The van der Waals surface area contributed by atoms with E-state index in [1.54, 1.807) is 30.0 Å². The van der Waals surface area contributed by atoms with E-state index in [0.29, 0.717) is 16.9 Å².